The molecule has 1 aromatic heterocycles. The van der Waals surface area contributed by atoms with Crippen molar-refractivity contribution in [1.82, 2.24) is 14.8 Å². The molecule has 5 nitrogen and oxygen atoms in total. The maximum Gasteiger partial charge on any atom is 0.253 e. The van der Waals surface area contributed by atoms with Crippen molar-refractivity contribution in [2.24, 2.45) is 0 Å². The van der Waals surface area contributed by atoms with Gasteiger partial charge in [0.25, 0.3) is 11.8 Å². The molecule has 0 aliphatic carbocycles. The number of pyridine rings is 1. The highest BCUT2D eigenvalue weighted by Gasteiger charge is 2.18. The quantitative estimate of drug-likeness (QED) is 0.792. The Morgan fingerprint density at radius 1 is 0.607 bits per heavy atom. The van der Waals surface area contributed by atoms with Gasteiger partial charge < -0.3 is 9.80 Å². The number of hydrogen-bond acceptors (Lipinski definition) is 3. The van der Waals surface area contributed by atoms with Crippen molar-refractivity contribution in [2.45, 2.75) is 38.5 Å². The maximum absolute atomic E-state index is 11.9. The molecule has 0 radical (unpaired) electrons. The van der Waals surface area contributed by atoms with Gasteiger partial charge in [0.05, 0.1) is 0 Å². The molecule has 2 aliphatic rings. The number of benzene rings is 1. The minimum absolute atomic E-state index is 0.145. The fourth-order valence-corrected chi connectivity index (χ4v) is 3.63. The number of carbonyl (C=O) groups is 2. The first-order valence-electron chi connectivity index (χ1n) is 10.3. The molecule has 4 rings (SSSR count). The molecule has 0 unspecified atom stereocenters. The van der Waals surface area contributed by atoms with E-state index in [4.69, 9.17) is 0 Å². The molecule has 2 amide bonds. The van der Waals surface area contributed by atoms with Crippen LogP contribution in [0.25, 0.3) is 0 Å². The van der Waals surface area contributed by atoms with Crippen LogP contribution in [0.15, 0.2) is 54.9 Å². The average Bonchev–Trinajstić information content (AvgIpc) is 2.81. The van der Waals surface area contributed by atoms with E-state index in [1.165, 1.54) is 12.8 Å². The Labute approximate surface area is 167 Å². The van der Waals surface area contributed by atoms with Gasteiger partial charge in [0, 0.05) is 49.7 Å². The number of likely N-dealkylation sites (tertiary alicyclic amines) is 2. The summed E-state index contributed by atoms with van der Waals surface area (Å²) in [6.45, 7) is 3.66. The van der Waals surface area contributed by atoms with Gasteiger partial charge in [-0.25, -0.2) is 0 Å². The van der Waals surface area contributed by atoms with E-state index in [0.29, 0.717) is 0 Å². The number of hydrogen-bond donors (Lipinski definition) is 0. The first-order chi connectivity index (χ1) is 13.8. The molecule has 0 atom stereocenters. The summed E-state index contributed by atoms with van der Waals surface area (Å²) >= 11 is 0. The van der Waals surface area contributed by atoms with E-state index >= 15 is 0 Å². The van der Waals surface area contributed by atoms with E-state index in [1.807, 2.05) is 40.1 Å². The maximum atomic E-state index is 11.9. The molecule has 2 saturated heterocycles. The number of aromatic nitrogens is 1. The van der Waals surface area contributed by atoms with Crippen LogP contribution in [0, 0.1) is 0 Å². The number of carbonyl (C=O) groups excluding carboxylic acids is 2. The van der Waals surface area contributed by atoms with E-state index in [0.717, 1.165) is 63.0 Å². The van der Waals surface area contributed by atoms with Crippen LogP contribution in [-0.2, 0) is 0 Å². The van der Waals surface area contributed by atoms with Gasteiger partial charge in [-0.15, -0.1) is 0 Å². The summed E-state index contributed by atoms with van der Waals surface area (Å²) in [6.07, 6.45) is 10.4. The van der Waals surface area contributed by atoms with Crippen molar-refractivity contribution in [1.29, 1.82) is 0 Å². The molecular formula is C23H29N3O2. The minimum atomic E-state index is 0.145. The molecular weight excluding hydrogens is 350 g/mol. The Morgan fingerprint density at radius 3 is 1.50 bits per heavy atom. The summed E-state index contributed by atoms with van der Waals surface area (Å²) in [5.41, 5.74) is 1.57. The van der Waals surface area contributed by atoms with Crippen molar-refractivity contribution in [3.63, 3.8) is 0 Å². The Morgan fingerprint density at radius 2 is 1.04 bits per heavy atom. The topological polar surface area (TPSA) is 53.5 Å². The van der Waals surface area contributed by atoms with E-state index in [2.05, 4.69) is 4.98 Å². The normalized spacial score (nSPS) is 16.7. The Bertz CT molecular complexity index is 671. The highest BCUT2D eigenvalue weighted by atomic mass is 16.2. The fourth-order valence-electron chi connectivity index (χ4n) is 3.63. The molecule has 28 heavy (non-hydrogen) atoms. The van der Waals surface area contributed by atoms with Gasteiger partial charge >= 0.3 is 0 Å². The molecule has 1 aromatic carbocycles. The summed E-state index contributed by atoms with van der Waals surface area (Å²) in [5, 5.41) is 0. The van der Waals surface area contributed by atoms with Crippen molar-refractivity contribution >= 4 is 11.8 Å². The van der Waals surface area contributed by atoms with E-state index in [9.17, 15) is 9.59 Å². The lowest BCUT2D eigenvalue weighted by Gasteiger charge is -2.26. The standard InChI is InChI=1S/C12H15NO.C11H14N2O/c14-12(11-7-3-1-4-8-11)13-9-5-2-6-10-13;14-11(10-4-6-12-7-5-10)13-8-2-1-3-9-13/h1,3-4,7-8H,2,5-6,9-10H2;4-7H,1-3,8-9H2. The lowest BCUT2D eigenvalue weighted by molar-refractivity contribution is 0.0717. The predicted molar refractivity (Wildman–Crippen MR) is 110 cm³/mol. The first-order valence-corrected chi connectivity index (χ1v) is 10.3. The molecule has 0 saturated carbocycles. The van der Waals surface area contributed by atoms with Crippen LogP contribution < -0.4 is 0 Å². The van der Waals surface area contributed by atoms with Crippen LogP contribution in [0.4, 0.5) is 0 Å². The van der Waals surface area contributed by atoms with Gasteiger partial charge in [-0.1, -0.05) is 18.2 Å². The van der Waals surface area contributed by atoms with Crippen molar-refractivity contribution < 1.29 is 9.59 Å². The number of nitrogens with zero attached hydrogens (tertiary/aromatic N) is 3. The van der Waals surface area contributed by atoms with Crippen molar-refractivity contribution in [3.05, 3.63) is 66.0 Å². The Hall–Kier alpha value is -2.69. The van der Waals surface area contributed by atoms with Crippen LogP contribution in [0.3, 0.4) is 0 Å². The Kier molecular flexibility index (Phi) is 7.59. The van der Waals surface area contributed by atoms with Crippen LogP contribution in [0.1, 0.15) is 59.2 Å². The summed E-state index contributed by atoms with van der Waals surface area (Å²) < 4.78 is 0. The smallest absolute Gasteiger partial charge is 0.253 e. The minimum Gasteiger partial charge on any atom is -0.339 e. The van der Waals surface area contributed by atoms with Crippen LogP contribution >= 0.6 is 0 Å². The monoisotopic (exact) mass is 379 g/mol. The number of rotatable bonds is 2. The second kappa shape index (κ2) is 10.6. The summed E-state index contributed by atoms with van der Waals surface area (Å²) in [6, 6.07) is 13.1. The highest BCUT2D eigenvalue weighted by molar-refractivity contribution is 5.94. The lowest BCUT2D eigenvalue weighted by Crippen LogP contribution is -2.35. The average molecular weight is 380 g/mol. The number of amides is 2. The zero-order chi connectivity index (χ0) is 19.6. The van der Waals surface area contributed by atoms with Gasteiger partial charge in [0.2, 0.25) is 0 Å². The zero-order valence-electron chi connectivity index (χ0n) is 16.4. The predicted octanol–water partition coefficient (Wildman–Crippen LogP) is 4.02. The SMILES string of the molecule is O=C(c1ccccc1)N1CCCCC1.O=C(c1ccncc1)N1CCCCC1. The summed E-state index contributed by atoms with van der Waals surface area (Å²) in [7, 11) is 0. The molecule has 0 N–H and O–H groups in total. The second-order valence-electron chi connectivity index (χ2n) is 7.31. The van der Waals surface area contributed by atoms with Crippen molar-refractivity contribution in [3.8, 4) is 0 Å². The first kappa shape index (κ1) is 20.1. The molecule has 0 bridgehead atoms. The molecule has 148 valence electrons. The molecule has 2 fully saturated rings. The largest absolute Gasteiger partial charge is 0.339 e. The molecule has 5 heteroatoms. The van der Waals surface area contributed by atoms with Crippen LogP contribution in [-0.4, -0.2) is 52.8 Å². The van der Waals surface area contributed by atoms with Gasteiger partial charge in [-0.3, -0.25) is 14.6 Å². The highest BCUT2D eigenvalue weighted by Crippen LogP contribution is 2.13. The van der Waals surface area contributed by atoms with Gasteiger partial charge in [0.1, 0.15) is 0 Å². The summed E-state index contributed by atoms with van der Waals surface area (Å²) in [5.74, 6) is 0.331. The van der Waals surface area contributed by atoms with Crippen molar-refractivity contribution in [2.75, 3.05) is 26.2 Å². The summed E-state index contributed by atoms with van der Waals surface area (Å²) in [4.78, 5) is 31.6. The van der Waals surface area contributed by atoms with Gasteiger partial charge in [-0.2, -0.15) is 0 Å². The third-order valence-corrected chi connectivity index (χ3v) is 5.23. The van der Waals surface area contributed by atoms with Crippen LogP contribution in [0.2, 0.25) is 0 Å². The molecule has 3 heterocycles. The third kappa shape index (κ3) is 5.65. The lowest BCUT2D eigenvalue weighted by atomic mass is 10.1. The Balaban J connectivity index is 0.000000161. The zero-order valence-corrected chi connectivity index (χ0v) is 16.4. The number of piperidine rings is 2. The van der Waals surface area contributed by atoms with Gasteiger partial charge in [-0.05, 0) is 62.8 Å². The second-order valence-corrected chi connectivity index (χ2v) is 7.31. The van der Waals surface area contributed by atoms with E-state index in [1.54, 1.807) is 24.5 Å². The van der Waals surface area contributed by atoms with E-state index < -0.39 is 0 Å². The third-order valence-electron chi connectivity index (χ3n) is 5.23. The van der Waals surface area contributed by atoms with E-state index in [-0.39, 0.29) is 11.8 Å². The van der Waals surface area contributed by atoms with Crippen LogP contribution in [0.5, 0.6) is 0 Å². The fraction of sp³-hybridized carbons (Fsp3) is 0.435. The molecule has 0 spiro atoms. The molecule has 2 aromatic rings. The van der Waals surface area contributed by atoms with Gasteiger partial charge in [0.15, 0.2) is 0 Å². The molecule has 2 aliphatic heterocycles.